The minimum atomic E-state index is -0.0139. The van der Waals surface area contributed by atoms with Gasteiger partial charge in [-0.25, -0.2) is 4.89 Å². The topological polar surface area (TPSA) is 29.5 Å². The highest BCUT2D eigenvalue weighted by molar-refractivity contribution is 5.09. The van der Waals surface area contributed by atoms with Crippen LogP contribution in [0.4, 0.5) is 0 Å². The summed E-state index contributed by atoms with van der Waals surface area (Å²) in [5.41, 5.74) is 0.237. The second kappa shape index (κ2) is 6.20. The molecule has 2 heteroatoms. The van der Waals surface area contributed by atoms with Crippen molar-refractivity contribution in [3.63, 3.8) is 0 Å². The summed E-state index contributed by atoms with van der Waals surface area (Å²) in [6, 6.07) is 0. The summed E-state index contributed by atoms with van der Waals surface area (Å²) >= 11 is 0. The van der Waals surface area contributed by atoms with Crippen LogP contribution in [0, 0.1) is 34.5 Å². The molecule has 0 aromatic carbocycles. The second-order valence-corrected chi connectivity index (χ2v) is 8.50. The first kappa shape index (κ1) is 19.0. The molecule has 0 heterocycles. The van der Waals surface area contributed by atoms with Crippen LogP contribution in [0.25, 0.3) is 0 Å². The second-order valence-electron chi connectivity index (χ2n) is 8.50. The van der Waals surface area contributed by atoms with Gasteiger partial charge in [0.15, 0.2) is 0 Å². The molecule has 126 valence electrons. The summed E-state index contributed by atoms with van der Waals surface area (Å²) in [4.78, 5) is 5.13. The third-order valence-corrected chi connectivity index (χ3v) is 7.19. The van der Waals surface area contributed by atoms with Crippen LogP contribution in [0.3, 0.4) is 0 Å². The predicted molar refractivity (Wildman–Crippen MR) is 90.2 cm³/mol. The Balaban J connectivity index is 0.00000110. The quantitative estimate of drug-likeness (QED) is 0.508. The van der Waals surface area contributed by atoms with E-state index < -0.39 is 0 Å². The van der Waals surface area contributed by atoms with Crippen molar-refractivity contribution in [1.82, 2.24) is 0 Å². The fraction of sp³-hybridized carbons (Fsp3) is 1.00. The first-order valence-electron chi connectivity index (χ1n) is 8.22. The van der Waals surface area contributed by atoms with Gasteiger partial charge in [-0.1, -0.05) is 42.5 Å². The molecule has 1 atom stereocenters. The molecule has 1 N–H and O–H groups in total. The molecule has 0 radical (unpaired) electrons. The Labute approximate surface area is 132 Å². The summed E-state index contributed by atoms with van der Waals surface area (Å²) in [5.74, 6) is 3.48. The summed E-state index contributed by atoms with van der Waals surface area (Å²) in [6.07, 6.45) is 8.03. The highest BCUT2D eigenvalue weighted by atomic mass is 17.1. The molecule has 4 fully saturated rings. The van der Waals surface area contributed by atoms with Crippen molar-refractivity contribution in [1.29, 1.82) is 0 Å². The van der Waals surface area contributed by atoms with Crippen LogP contribution in [0.2, 0.25) is 0 Å². The van der Waals surface area contributed by atoms with Crippen LogP contribution in [-0.2, 0) is 4.89 Å². The minimum Gasteiger partial charge on any atom is -0.251 e. The molecule has 0 saturated heterocycles. The largest absolute Gasteiger partial charge is 0.251 e. The molecular weight excluding hydrogens is 260 g/mol. The zero-order chi connectivity index (χ0) is 13.8. The summed E-state index contributed by atoms with van der Waals surface area (Å²) < 4.78 is 0. The Morgan fingerprint density at radius 2 is 1.48 bits per heavy atom. The Morgan fingerprint density at radius 1 is 1.05 bits per heavy atom. The lowest BCUT2D eigenvalue weighted by atomic mass is 9.43. The minimum absolute atomic E-state index is 0. The molecule has 0 amide bonds. The first-order chi connectivity index (χ1) is 8.91. The van der Waals surface area contributed by atoms with E-state index in [2.05, 4.69) is 27.7 Å². The zero-order valence-corrected chi connectivity index (χ0v) is 13.0. The molecule has 4 aliphatic rings. The molecule has 4 bridgehead atoms. The van der Waals surface area contributed by atoms with Crippen LogP contribution in [-0.4, -0.2) is 11.4 Å². The van der Waals surface area contributed by atoms with Gasteiger partial charge in [-0.2, -0.15) is 0 Å². The predicted octanol–water partition coefficient (Wildman–Crippen LogP) is 6.02. The van der Waals surface area contributed by atoms with Crippen molar-refractivity contribution in [2.45, 2.75) is 87.2 Å². The molecule has 2 nitrogen and oxygen atoms in total. The van der Waals surface area contributed by atoms with E-state index in [9.17, 15) is 5.26 Å². The van der Waals surface area contributed by atoms with Crippen molar-refractivity contribution in [3.8, 4) is 0 Å². The maximum atomic E-state index is 9.64. The average molecular weight is 299 g/mol. The van der Waals surface area contributed by atoms with Gasteiger partial charge >= 0.3 is 0 Å². The van der Waals surface area contributed by atoms with Crippen molar-refractivity contribution in [2.24, 2.45) is 34.5 Å². The fourth-order valence-electron chi connectivity index (χ4n) is 5.91. The van der Waals surface area contributed by atoms with Gasteiger partial charge in [0.2, 0.25) is 0 Å². The van der Waals surface area contributed by atoms with Gasteiger partial charge in [0.1, 0.15) is 6.10 Å². The van der Waals surface area contributed by atoms with E-state index in [-0.39, 0.29) is 31.8 Å². The molecule has 0 spiro atoms. The fourth-order valence-corrected chi connectivity index (χ4v) is 5.91. The maximum Gasteiger partial charge on any atom is 0.104 e. The Bertz CT molecular complexity index is 319. The molecule has 21 heavy (non-hydrogen) atoms. The van der Waals surface area contributed by atoms with Crippen molar-refractivity contribution in [3.05, 3.63) is 0 Å². The Morgan fingerprint density at radius 3 is 1.81 bits per heavy atom. The lowest BCUT2D eigenvalue weighted by Crippen LogP contribution is -2.60. The molecule has 4 rings (SSSR count). The standard InChI is InChI=1S/C17H30O2.2CH4/c1-5-16(2,3)15(19-18)17(4)13-7-11-6-12(9-13)10-14(17)8-11;;/h11-15,18H,5-10H2,1-4H3;2*1H4. The molecule has 4 aliphatic carbocycles. The summed E-state index contributed by atoms with van der Waals surface area (Å²) in [7, 11) is 0. The normalized spacial score (nSPS) is 42.1. The highest BCUT2D eigenvalue weighted by Crippen LogP contribution is 2.65. The van der Waals surface area contributed by atoms with Crippen molar-refractivity contribution < 1.29 is 10.1 Å². The Hall–Kier alpha value is -0.0800. The van der Waals surface area contributed by atoms with Gasteiger partial charge in [-0.15, -0.1) is 0 Å². The van der Waals surface area contributed by atoms with E-state index in [1.807, 2.05) is 0 Å². The van der Waals surface area contributed by atoms with E-state index >= 15 is 0 Å². The lowest BCUT2D eigenvalue weighted by molar-refractivity contribution is -0.351. The van der Waals surface area contributed by atoms with Crippen LogP contribution in [0.1, 0.15) is 81.1 Å². The van der Waals surface area contributed by atoms with Gasteiger partial charge in [0.05, 0.1) is 0 Å². The van der Waals surface area contributed by atoms with E-state index in [4.69, 9.17) is 4.89 Å². The van der Waals surface area contributed by atoms with Gasteiger partial charge in [-0.3, -0.25) is 5.26 Å². The van der Waals surface area contributed by atoms with E-state index in [1.54, 1.807) is 0 Å². The third-order valence-electron chi connectivity index (χ3n) is 7.19. The van der Waals surface area contributed by atoms with Crippen molar-refractivity contribution in [2.75, 3.05) is 0 Å². The molecule has 0 aliphatic heterocycles. The first-order valence-corrected chi connectivity index (χ1v) is 8.22. The van der Waals surface area contributed by atoms with Gasteiger partial charge in [0.25, 0.3) is 0 Å². The summed E-state index contributed by atoms with van der Waals surface area (Å²) in [6.45, 7) is 9.14. The van der Waals surface area contributed by atoms with Crippen LogP contribution < -0.4 is 0 Å². The van der Waals surface area contributed by atoms with E-state index in [0.717, 1.165) is 30.1 Å². The molecule has 0 aromatic rings. The smallest absolute Gasteiger partial charge is 0.104 e. The zero-order valence-electron chi connectivity index (χ0n) is 13.0. The SMILES string of the molecule is C.C.CCC(C)(C)C(OO)C1(C)C2CC3CC(C2)CC1C3. The molecular formula is C19H38O2. The number of hydrogen-bond donors (Lipinski definition) is 1. The van der Waals surface area contributed by atoms with Crippen LogP contribution in [0.15, 0.2) is 0 Å². The molecule has 4 saturated carbocycles. The van der Waals surface area contributed by atoms with E-state index in [1.165, 1.54) is 32.1 Å². The van der Waals surface area contributed by atoms with E-state index in [0.29, 0.717) is 0 Å². The average Bonchev–Trinajstić information content (AvgIpc) is 2.36. The molecule has 0 aromatic heterocycles. The van der Waals surface area contributed by atoms with Gasteiger partial charge < -0.3 is 0 Å². The molecule has 1 unspecified atom stereocenters. The van der Waals surface area contributed by atoms with Crippen LogP contribution in [0.5, 0.6) is 0 Å². The van der Waals surface area contributed by atoms with Gasteiger partial charge in [-0.05, 0) is 67.6 Å². The van der Waals surface area contributed by atoms with Crippen molar-refractivity contribution >= 4 is 0 Å². The lowest BCUT2D eigenvalue weighted by Gasteiger charge is -2.63. The number of hydrogen-bond acceptors (Lipinski definition) is 2. The number of rotatable bonds is 4. The maximum absolute atomic E-state index is 9.64. The highest BCUT2D eigenvalue weighted by Gasteiger charge is 2.60. The summed E-state index contributed by atoms with van der Waals surface area (Å²) in [5, 5.41) is 9.64. The van der Waals surface area contributed by atoms with Gasteiger partial charge in [0, 0.05) is 5.41 Å². The monoisotopic (exact) mass is 298 g/mol. The third kappa shape index (κ3) is 2.67. The Kier molecular flexibility index (Phi) is 5.60. The van der Waals surface area contributed by atoms with Crippen LogP contribution >= 0.6 is 0 Å².